The van der Waals surface area contributed by atoms with Crippen molar-refractivity contribution in [3.8, 4) is 0 Å². The number of oxazole rings is 1. The lowest BCUT2D eigenvalue weighted by Gasteiger charge is -2.22. The van der Waals surface area contributed by atoms with Gasteiger partial charge >= 0.3 is 0 Å². The van der Waals surface area contributed by atoms with E-state index in [9.17, 15) is 9.18 Å². The first-order chi connectivity index (χ1) is 16.5. The number of hydrogen-bond acceptors (Lipinski definition) is 4. The number of halogens is 1. The Morgan fingerprint density at radius 1 is 0.971 bits per heavy atom. The molecule has 174 valence electrons. The van der Waals surface area contributed by atoms with Gasteiger partial charge in [-0.1, -0.05) is 66.7 Å². The second-order valence-corrected chi connectivity index (χ2v) is 8.43. The summed E-state index contributed by atoms with van der Waals surface area (Å²) in [5.74, 6) is -0.0918. The highest BCUT2D eigenvalue weighted by Gasteiger charge is 2.18. The number of carbonyl (C=O) groups excluding carboxylic acids is 1. The van der Waals surface area contributed by atoms with Gasteiger partial charge in [0.05, 0.1) is 12.6 Å². The Kier molecular flexibility index (Phi) is 7.50. The lowest BCUT2D eigenvalue weighted by molar-refractivity contribution is 0.0934. The van der Waals surface area contributed by atoms with E-state index >= 15 is 0 Å². The molecular weight excluding hydrogens is 429 g/mol. The van der Waals surface area contributed by atoms with Gasteiger partial charge in [0.25, 0.3) is 5.91 Å². The predicted molar refractivity (Wildman–Crippen MR) is 129 cm³/mol. The van der Waals surface area contributed by atoms with E-state index in [1.807, 2.05) is 49.4 Å². The number of hydrogen-bond donors (Lipinski definition) is 1. The van der Waals surface area contributed by atoms with Crippen molar-refractivity contribution in [2.75, 3.05) is 0 Å². The largest absolute Gasteiger partial charge is 0.447 e. The maximum absolute atomic E-state index is 13.4. The van der Waals surface area contributed by atoms with E-state index in [0.29, 0.717) is 25.5 Å². The summed E-state index contributed by atoms with van der Waals surface area (Å²) in [5.41, 5.74) is 4.62. The molecule has 5 nitrogen and oxygen atoms in total. The Bertz CT molecular complexity index is 1220. The molecule has 1 atom stereocenters. The van der Waals surface area contributed by atoms with Crippen LogP contribution in [0.2, 0.25) is 0 Å². The molecule has 0 saturated heterocycles. The van der Waals surface area contributed by atoms with Crippen LogP contribution in [0.15, 0.2) is 89.5 Å². The average Bonchev–Trinajstić information content (AvgIpc) is 3.31. The van der Waals surface area contributed by atoms with Gasteiger partial charge in [-0.05, 0) is 48.2 Å². The summed E-state index contributed by atoms with van der Waals surface area (Å²) in [7, 11) is 0. The standard InChI is InChI=1S/C28H28FN3O2/c1-20-8-6-7-11-24(20)17-32(16-22-12-14-25(29)15-13-22)18-27-31-26(19-34-27)28(33)30-21(2)23-9-4-3-5-10-23/h3-15,19,21H,16-18H2,1-2H3,(H,30,33)/t21-/m0/s1. The van der Waals surface area contributed by atoms with Crippen molar-refractivity contribution >= 4 is 5.91 Å². The maximum atomic E-state index is 13.4. The maximum Gasteiger partial charge on any atom is 0.273 e. The van der Waals surface area contributed by atoms with Crippen molar-refractivity contribution in [1.82, 2.24) is 15.2 Å². The van der Waals surface area contributed by atoms with E-state index in [4.69, 9.17) is 4.42 Å². The second kappa shape index (κ2) is 10.9. The third kappa shape index (κ3) is 6.17. The van der Waals surface area contributed by atoms with E-state index in [0.717, 1.165) is 11.1 Å². The number of benzene rings is 3. The molecule has 4 aromatic rings. The fourth-order valence-electron chi connectivity index (χ4n) is 3.82. The fraction of sp³-hybridized carbons (Fsp3) is 0.214. The third-order valence-corrected chi connectivity index (χ3v) is 5.77. The number of aromatic nitrogens is 1. The van der Waals surface area contributed by atoms with E-state index in [-0.39, 0.29) is 23.5 Å². The molecule has 0 unspecified atom stereocenters. The number of carbonyl (C=O) groups is 1. The molecule has 34 heavy (non-hydrogen) atoms. The number of rotatable bonds is 9. The Labute approximate surface area is 199 Å². The fourth-order valence-corrected chi connectivity index (χ4v) is 3.82. The van der Waals surface area contributed by atoms with Gasteiger partial charge in [0.15, 0.2) is 5.69 Å². The summed E-state index contributed by atoms with van der Waals surface area (Å²) in [4.78, 5) is 19.3. The molecule has 1 heterocycles. The van der Waals surface area contributed by atoms with Crippen molar-refractivity contribution < 1.29 is 13.6 Å². The van der Waals surface area contributed by atoms with Crippen molar-refractivity contribution in [3.05, 3.63) is 125 Å². The van der Waals surface area contributed by atoms with E-state index in [2.05, 4.69) is 34.3 Å². The first-order valence-electron chi connectivity index (χ1n) is 11.3. The van der Waals surface area contributed by atoms with Crippen molar-refractivity contribution in [2.45, 2.75) is 39.5 Å². The van der Waals surface area contributed by atoms with Crippen LogP contribution >= 0.6 is 0 Å². The van der Waals surface area contributed by atoms with Gasteiger partial charge in [0.1, 0.15) is 12.1 Å². The number of amides is 1. The van der Waals surface area contributed by atoms with Crippen molar-refractivity contribution in [3.63, 3.8) is 0 Å². The van der Waals surface area contributed by atoms with E-state index in [1.165, 1.54) is 29.5 Å². The first-order valence-corrected chi connectivity index (χ1v) is 11.3. The van der Waals surface area contributed by atoms with Crippen LogP contribution in [0.4, 0.5) is 4.39 Å². The molecule has 0 bridgehead atoms. The summed E-state index contributed by atoms with van der Waals surface area (Å²) in [6.45, 7) is 5.67. The Morgan fingerprint density at radius 2 is 1.68 bits per heavy atom. The van der Waals surface area contributed by atoms with Gasteiger partial charge in [-0.3, -0.25) is 9.69 Å². The summed E-state index contributed by atoms with van der Waals surface area (Å²) in [6.07, 6.45) is 1.40. The van der Waals surface area contributed by atoms with E-state index < -0.39 is 0 Å². The van der Waals surface area contributed by atoms with Crippen LogP contribution in [0.5, 0.6) is 0 Å². The quantitative estimate of drug-likeness (QED) is 0.344. The number of nitrogens with one attached hydrogen (secondary N) is 1. The Morgan fingerprint density at radius 3 is 2.41 bits per heavy atom. The molecule has 0 saturated carbocycles. The highest BCUT2D eigenvalue weighted by molar-refractivity contribution is 5.92. The average molecular weight is 458 g/mol. The van der Waals surface area contributed by atoms with Crippen molar-refractivity contribution in [1.29, 1.82) is 0 Å². The van der Waals surface area contributed by atoms with Crippen LogP contribution in [0.3, 0.4) is 0 Å². The molecule has 0 fully saturated rings. The number of nitrogens with zero attached hydrogens (tertiary/aromatic N) is 2. The molecule has 0 aliphatic rings. The minimum absolute atomic E-state index is 0.148. The van der Waals surface area contributed by atoms with Gasteiger partial charge in [-0.25, -0.2) is 9.37 Å². The van der Waals surface area contributed by atoms with Crippen LogP contribution < -0.4 is 5.32 Å². The summed E-state index contributed by atoms with van der Waals surface area (Å²) in [6, 6.07) is 24.3. The topological polar surface area (TPSA) is 58.4 Å². The Balaban J connectivity index is 1.47. The van der Waals surface area contributed by atoms with Gasteiger partial charge < -0.3 is 9.73 Å². The van der Waals surface area contributed by atoms with E-state index in [1.54, 1.807) is 12.1 Å². The monoisotopic (exact) mass is 457 g/mol. The van der Waals surface area contributed by atoms with Gasteiger partial charge in [-0.15, -0.1) is 0 Å². The molecule has 0 aliphatic carbocycles. The van der Waals surface area contributed by atoms with Gasteiger partial charge in [0, 0.05) is 13.1 Å². The highest BCUT2D eigenvalue weighted by Crippen LogP contribution is 2.18. The zero-order chi connectivity index (χ0) is 23.9. The zero-order valence-electron chi connectivity index (χ0n) is 19.4. The number of aryl methyl sites for hydroxylation is 1. The molecule has 0 radical (unpaired) electrons. The lowest BCUT2D eigenvalue weighted by Crippen LogP contribution is -2.27. The molecule has 0 aliphatic heterocycles. The minimum Gasteiger partial charge on any atom is -0.447 e. The summed E-state index contributed by atoms with van der Waals surface area (Å²) in [5, 5.41) is 2.96. The van der Waals surface area contributed by atoms with Gasteiger partial charge in [0.2, 0.25) is 5.89 Å². The highest BCUT2D eigenvalue weighted by atomic mass is 19.1. The molecule has 4 rings (SSSR count). The molecule has 1 aromatic heterocycles. The summed E-state index contributed by atoms with van der Waals surface area (Å²) < 4.78 is 19.0. The lowest BCUT2D eigenvalue weighted by atomic mass is 10.1. The smallest absolute Gasteiger partial charge is 0.273 e. The normalized spacial score (nSPS) is 12.0. The first kappa shape index (κ1) is 23.4. The van der Waals surface area contributed by atoms with Crippen LogP contribution in [0.25, 0.3) is 0 Å². The second-order valence-electron chi connectivity index (χ2n) is 8.43. The predicted octanol–water partition coefficient (Wildman–Crippen LogP) is 5.82. The molecule has 0 spiro atoms. The van der Waals surface area contributed by atoms with Crippen LogP contribution in [0, 0.1) is 12.7 Å². The zero-order valence-corrected chi connectivity index (χ0v) is 19.4. The SMILES string of the molecule is Cc1ccccc1CN(Cc1ccc(F)cc1)Cc1nc(C(=O)N[C@@H](C)c2ccccc2)co1. The van der Waals surface area contributed by atoms with Crippen LogP contribution in [-0.4, -0.2) is 15.8 Å². The molecular formula is C28H28FN3O2. The molecule has 6 heteroatoms. The van der Waals surface area contributed by atoms with Crippen molar-refractivity contribution in [2.24, 2.45) is 0 Å². The minimum atomic E-state index is -0.282. The third-order valence-electron chi connectivity index (χ3n) is 5.77. The van der Waals surface area contributed by atoms with Gasteiger partial charge in [-0.2, -0.15) is 0 Å². The molecule has 1 amide bonds. The van der Waals surface area contributed by atoms with Crippen LogP contribution in [0.1, 0.15) is 51.6 Å². The molecule has 1 N–H and O–H groups in total. The summed E-state index contributed by atoms with van der Waals surface area (Å²) >= 11 is 0. The Hall–Kier alpha value is -3.77. The molecule has 3 aromatic carbocycles. The van der Waals surface area contributed by atoms with Crippen LogP contribution in [-0.2, 0) is 19.6 Å².